The molecule has 0 spiro atoms. The highest BCUT2D eigenvalue weighted by molar-refractivity contribution is 5.24. The molecule has 0 amide bonds. The third-order valence-electron chi connectivity index (χ3n) is 8.93. The zero-order chi connectivity index (χ0) is 31.4. The Morgan fingerprint density at radius 1 is 0.256 bits per heavy atom. The summed E-state index contributed by atoms with van der Waals surface area (Å²) in [6, 6.07) is 0. The Hall–Kier alpha value is -1.17. The largest absolute Gasteiger partial charge is 0.330 e. The van der Waals surface area contributed by atoms with E-state index in [0.717, 1.165) is 32.2 Å². The lowest BCUT2D eigenvalue weighted by Gasteiger charge is -2.08. The Balaban J connectivity index is 1.74. The van der Waals surface area contributed by atoms with Gasteiger partial charge in [0.1, 0.15) is 0 Å². The van der Waals surface area contributed by atoms with Crippen molar-refractivity contribution in [2.75, 3.05) is 6.54 Å². The normalized spacial score (nSPS) is 11.6. The third kappa shape index (κ3) is 20.5. The van der Waals surface area contributed by atoms with Crippen LogP contribution in [0.25, 0.3) is 0 Å². The molecule has 0 aromatic heterocycles. The highest BCUT2D eigenvalue weighted by Crippen LogP contribution is 2.25. The molecule has 1 rings (SSSR count). The van der Waals surface area contributed by atoms with E-state index in [1.807, 2.05) is 0 Å². The van der Waals surface area contributed by atoms with E-state index in [1.165, 1.54) is 154 Å². The van der Waals surface area contributed by atoms with Crippen LogP contribution in [-0.4, -0.2) is 6.54 Å². The number of nitrogens with two attached hydrogens (primary N) is 1. The molecule has 0 aliphatic carbocycles. The van der Waals surface area contributed by atoms with E-state index in [1.54, 1.807) is 0 Å². The average molecular weight is 618 g/mol. The van der Waals surface area contributed by atoms with Gasteiger partial charge in [0, 0.05) is 5.56 Å². The van der Waals surface area contributed by atoms with E-state index in [4.69, 9.17) is 5.73 Å². The summed E-state index contributed by atoms with van der Waals surface area (Å²) in [5.41, 5.74) is 4.85. The molecule has 0 saturated heterocycles. The summed E-state index contributed by atoms with van der Waals surface area (Å²) in [4.78, 5) is 0. The van der Waals surface area contributed by atoms with E-state index in [9.17, 15) is 22.0 Å². The molecule has 0 aliphatic heterocycles. The average Bonchev–Trinajstić information content (AvgIpc) is 3.01. The highest BCUT2D eigenvalue weighted by Gasteiger charge is 2.25. The number of halogens is 5. The van der Waals surface area contributed by atoms with Crippen LogP contribution in [0.3, 0.4) is 0 Å². The highest BCUT2D eigenvalue weighted by atomic mass is 19.2. The molecular formula is C37H64F5N. The van der Waals surface area contributed by atoms with Crippen molar-refractivity contribution in [2.45, 2.75) is 193 Å². The van der Waals surface area contributed by atoms with Gasteiger partial charge in [-0.25, -0.2) is 22.0 Å². The van der Waals surface area contributed by atoms with E-state index in [-0.39, 0.29) is 6.42 Å². The minimum Gasteiger partial charge on any atom is -0.330 e. The molecule has 43 heavy (non-hydrogen) atoms. The van der Waals surface area contributed by atoms with Gasteiger partial charge in [0.15, 0.2) is 23.3 Å². The van der Waals surface area contributed by atoms with Crippen molar-refractivity contribution >= 4 is 0 Å². The van der Waals surface area contributed by atoms with Gasteiger partial charge in [-0.2, -0.15) is 0 Å². The van der Waals surface area contributed by atoms with Gasteiger partial charge in [-0.3, -0.25) is 0 Å². The van der Waals surface area contributed by atoms with Gasteiger partial charge in [-0.1, -0.05) is 173 Å². The second kappa shape index (κ2) is 28.3. The lowest BCUT2D eigenvalue weighted by molar-refractivity contribution is 0.368. The number of hydrogen-bond donors (Lipinski definition) is 1. The summed E-state index contributed by atoms with van der Waals surface area (Å²) >= 11 is 0. The SMILES string of the molecule is NCCCCCCCCCCCCCCCCCCCCCCCCCCCCCCCc1c(F)c(F)c(F)c(F)c1F. The van der Waals surface area contributed by atoms with Crippen molar-refractivity contribution < 1.29 is 22.0 Å². The minimum atomic E-state index is -2.09. The molecule has 1 aromatic rings. The van der Waals surface area contributed by atoms with Crippen LogP contribution in [0.2, 0.25) is 0 Å². The molecule has 0 saturated carbocycles. The first-order valence-corrected chi connectivity index (χ1v) is 18.2. The first kappa shape index (κ1) is 39.9. The zero-order valence-corrected chi connectivity index (χ0v) is 27.4. The van der Waals surface area contributed by atoms with Crippen LogP contribution in [-0.2, 0) is 6.42 Å². The molecule has 0 aliphatic rings. The summed E-state index contributed by atoms with van der Waals surface area (Å²) in [6.45, 7) is 0.847. The van der Waals surface area contributed by atoms with Crippen molar-refractivity contribution in [3.63, 3.8) is 0 Å². The molecule has 0 unspecified atom stereocenters. The van der Waals surface area contributed by atoms with Crippen molar-refractivity contribution in [1.29, 1.82) is 0 Å². The van der Waals surface area contributed by atoms with Crippen LogP contribution in [0.15, 0.2) is 0 Å². The smallest absolute Gasteiger partial charge is 0.200 e. The minimum absolute atomic E-state index is 0.122. The Bertz CT molecular complexity index is 756. The van der Waals surface area contributed by atoms with Crippen LogP contribution in [0.5, 0.6) is 0 Å². The lowest BCUT2D eigenvalue weighted by atomic mass is 10.0. The number of unbranched alkanes of at least 4 members (excludes halogenated alkanes) is 28. The Kier molecular flexibility index (Phi) is 26.2. The van der Waals surface area contributed by atoms with Gasteiger partial charge in [-0.15, -0.1) is 0 Å². The monoisotopic (exact) mass is 617 g/mol. The summed E-state index contributed by atoms with van der Waals surface area (Å²) in [6.07, 6.45) is 37.0. The molecule has 2 N–H and O–H groups in total. The fourth-order valence-corrected chi connectivity index (χ4v) is 6.09. The fraction of sp³-hybridized carbons (Fsp3) is 0.838. The quantitative estimate of drug-likeness (QED) is 0.0381. The predicted octanol–water partition coefficient (Wildman–Crippen LogP) is 13.2. The van der Waals surface area contributed by atoms with Gasteiger partial charge >= 0.3 is 0 Å². The van der Waals surface area contributed by atoms with E-state index in [0.29, 0.717) is 6.42 Å². The van der Waals surface area contributed by atoms with E-state index in [2.05, 4.69) is 0 Å². The molecule has 0 heterocycles. The number of benzene rings is 1. The third-order valence-corrected chi connectivity index (χ3v) is 8.93. The van der Waals surface area contributed by atoms with Crippen molar-refractivity contribution in [1.82, 2.24) is 0 Å². The standard InChI is InChI=1S/C37H64F5N/c38-33-32(34(39)36(41)37(42)35(33)40)30-28-26-24-22-20-18-16-14-12-10-8-6-4-2-1-3-5-7-9-11-13-15-17-19-21-23-25-27-29-31-43/h1-31,43H2. The molecule has 1 aromatic carbocycles. The molecule has 0 fully saturated rings. The van der Waals surface area contributed by atoms with Crippen molar-refractivity contribution in [2.24, 2.45) is 5.73 Å². The summed E-state index contributed by atoms with van der Waals surface area (Å²) in [5, 5.41) is 0. The second-order valence-corrected chi connectivity index (χ2v) is 12.8. The lowest BCUT2D eigenvalue weighted by Crippen LogP contribution is -2.07. The molecule has 0 radical (unpaired) electrons. The molecule has 252 valence electrons. The van der Waals surface area contributed by atoms with Crippen molar-refractivity contribution in [3.05, 3.63) is 34.6 Å². The Labute approximate surface area is 261 Å². The molecule has 6 heteroatoms. The maximum Gasteiger partial charge on any atom is 0.200 e. The summed E-state index contributed by atoms with van der Waals surface area (Å²) < 4.78 is 67.0. The number of rotatable bonds is 31. The van der Waals surface area contributed by atoms with Crippen LogP contribution in [0, 0.1) is 29.1 Å². The Morgan fingerprint density at radius 2 is 0.442 bits per heavy atom. The van der Waals surface area contributed by atoms with Gasteiger partial charge in [0.05, 0.1) is 0 Å². The topological polar surface area (TPSA) is 26.0 Å². The van der Waals surface area contributed by atoms with Gasteiger partial charge in [0.2, 0.25) is 5.82 Å². The Morgan fingerprint density at radius 3 is 0.674 bits per heavy atom. The predicted molar refractivity (Wildman–Crippen MR) is 173 cm³/mol. The summed E-state index contributed by atoms with van der Waals surface area (Å²) in [7, 11) is 0. The maximum absolute atomic E-state index is 13.7. The van der Waals surface area contributed by atoms with Crippen LogP contribution in [0.1, 0.15) is 192 Å². The summed E-state index contributed by atoms with van der Waals surface area (Å²) in [5.74, 6) is -9.16. The molecule has 1 nitrogen and oxygen atoms in total. The zero-order valence-electron chi connectivity index (χ0n) is 27.4. The van der Waals surface area contributed by atoms with Crippen LogP contribution >= 0.6 is 0 Å². The molecule has 0 atom stereocenters. The first-order chi connectivity index (χ1) is 21.0. The molecular weight excluding hydrogens is 553 g/mol. The maximum atomic E-state index is 13.7. The van der Waals surface area contributed by atoms with Gasteiger partial charge in [0.25, 0.3) is 0 Å². The number of hydrogen-bond acceptors (Lipinski definition) is 1. The van der Waals surface area contributed by atoms with Gasteiger partial charge < -0.3 is 5.73 Å². The van der Waals surface area contributed by atoms with E-state index >= 15 is 0 Å². The molecule has 0 bridgehead atoms. The fourth-order valence-electron chi connectivity index (χ4n) is 6.09. The van der Waals surface area contributed by atoms with Gasteiger partial charge in [-0.05, 0) is 25.8 Å². The van der Waals surface area contributed by atoms with Crippen LogP contribution in [0.4, 0.5) is 22.0 Å². The van der Waals surface area contributed by atoms with Crippen molar-refractivity contribution in [3.8, 4) is 0 Å². The van der Waals surface area contributed by atoms with Crippen LogP contribution < -0.4 is 5.73 Å². The first-order valence-electron chi connectivity index (χ1n) is 18.2. The second-order valence-electron chi connectivity index (χ2n) is 12.8. The van der Waals surface area contributed by atoms with E-state index < -0.39 is 34.6 Å².